The van der Waals surface area contributed by atoms with Gasteiger partial charge in [-0.3, -0.25) is 4.79 Å². The van der Waals surface area contributed by atoms with E-state index in [2.05, 4.69) is 10.6 Å². The molecule has 5 nitrogen and oxygen atoms in total. The summed E-state index contributed by atoms with van der Waals surface area (Å²) in [6.07, 6.45) is 0. The molecule has 3 amide bonds. The van der Waals surface area contributed by atoms with Crippen molar-refractivity contribution in [1.29, 1.82) is 0 Å². The van der Waals surface area contributed by atoms with Crippen LogP contribution in [0.1, 0.15) is 10.4 Å². The summed E-state index contributed by atoms with van der Waals surface area (Å²) in [6.45, 7) is 0.761. The lowest BCUT2D eigenvalue weighted by atomic mass is 10.2. The topological polar surface area (TPSA) is 61.4 Å². The Balaban J connectivity index is 2.29. The first-order chi connectivity index (χ1) is 8.50. The molecule has 2 N–H and O–H groups in total. The quantitative estimate of drug-likeness (QED) is 0.811. The molecule has 0 aliphatic heterocycles. The molecule has 0 saturated carbocycles. The van der Waals surface area contributed by atoms with Crippen molar-refractivity contribution in [2.45, 2.75) is 0 Å². The molecule has 0 aliphatic rings. The van der Waals surface area contributed by atoms with Crippen LogP contribution < -0.4 is 10.6 Å². The van der Waals surface area contributed by atoms with Crippen molar-refractivity contribution >= 4 is 23.5 Å². The lowest BCUT2D eigenvalue weighted by molar-refractivity contribution is 0.0953. The molecule has 0 fully saturated rings. The number of carbonyl (C=O) groups is 2. The maximum absolute atomic E-state index is 11.7. The van der Waals surface area contributed by atoms with Crippen LogP contribution in [0, 0.1) is 0 Å². The van der Waals surface area contributed by atoms with Gasteiger partial charge in [0.1, 0.15) is 0 Å². The molecule has 0 atom stereocenters. The number of hydrogen-bond acceptors (Lipinski definition) is 2. The number of urea groups is 1. The first-order valence-corrected chi connectivity index (χ1v) is 5.87. The van der Waals surface area contributed by atoms with Crippen LogP contribution in [0.2, 0.25) is 5.02 Å². The van der Waals surface area contributed by atoms with E-state index in [0.29, 0.717) is 23.7 Å². The molecule has 0 saturated heterocycles. The van der Waals surface area contributed by atoms with Crippen molar-refractivity contribution in [3.05, 3.63) is 34.9 Å². The Bertz CT molecular complexity index is 418. The summed E-state index contributed by atoms with van der Waals surface area (Å²) < 4.78 is 0. The summed E-state index contributed by atoms with van der Waals surface area (Å²) in [5.74, 6) is -0.189. The van der Waals surface area contributed by atoms with Gasteiger partial charge in [0.2, 0.25) is 0 Å². The van der Waals surface area contributed by atoms with Crippen LogP contribution in [0.3, 0.4) is 0 Å². The molecule has 0 bridgehead atoms. The van der Waals surface area contributed by atoms with E-state index in [-0.39, 0.29) is 11.9 Å². The zero-order chi connectivity index (χ0) is 13.5. The third-order valence-corrected chi connectivity index (χ3v) is 2.45. The van der Waals surface area contributed by atoms with E-state index in [4.69, 9.17) is 11.6 Å². The van der Waals surface area contributed by atoms with Crippen LogP contribution in [-0.4, -0.2) is 44.0 Å². The molecule has 0 unspecified atom stereocenters. The third-order valence-electron chi connectivity index (χ3n) is 2.20. The molecule has 0 aromatic heterocycles. The highest BCUT2D eigenvalue weighted by atomic mass is 35.5. The highest BCUT2D eigenvalue weighted by molar-refractivity contribution is 6.30. The van der Waals surface area contributed by atoms with Gasteiger partial charge in [-0.2, -0.15) is 0 Å². The first-order valence-electron chi connectivity index (χ1n) is 5.49. The van der Waals surface area contributed by atoms with E-state index in [0.717, 1.165) is 0 Å². The van der Waals surface area contributed by atoms with Gasteiger partial charge < -0.3 is 15.5 Å². The first kappa shape index (κ1) is 14.3. The van der Waals surface area contributed by atoms with Crippen molar-refractivity contribution in [1.82, 2.24) is 15.5 Å². The maximum Gasteiger partial charge on any atom is 0.316 e. The Morgan fingerprint density at radius 1 is 1.11 bits per heavy atom. The summed E-state index contributed by atoms with van der Waals surface area (Å²) in [5.41, 5.74) is 0.540. The summed E-state index contributed by atoms with van der Waals surface area (Å²) in [7, 11) is 3.31. The average molecular weight is 270 g/mol. The highest BCUT2D eigenvalue weighted by Gasteiger charge is 2.05. The Morgan fingerprint density at radius 3 is 2.22 bits per heavy atom. The largest absolute Gasteiger partial charge is 0.350 e. The Morgan fingerprint density at radius 2 is 1.67 bits per heavy atom. The molecule has 0 spiro atoms. The van der Waals surface area contributed by atoms with Crippen molar-refractivity contribution in [3.8, 4) is 0 Å². The number of hydrogen-bond donors (Lipinski definition) is 2. The van der Waals surface area contributed by atoms with Gasteiger partial charge >= 0.3 is 6.03 Å². The molecule has 0 aliphatic carbocycles. The SMILES string of the molecule is CN(C)C(=O)NCCNC(=O)c1ccc(Cl)cc1. The number of amides is 3. The van der Waals surface area contributed by atoms with E-state index in [1.807, 2.05) is 0 Å². The Labute approximate surface area is 111 Å². The van der Waals surface area contributed by atoms with Gasteiger partial charge in [-0.25, -0.2) is 4.79 Å². The van der Waals surface area contributed by atoms with Crippen LogP contribution in [0.5, 0.6) is 0 Å². The van der Waals surface area contributed by atoms with E-state index in [9.17, 15) is 9.59 Å². The van der Waals surface area contributed by atoms with Crippen LogP contribution in [0.4, 0.5) is 4.79 Å². The number of carbonyl (C=O) groups excluding carboxylic acids is 2. The summed E-state index contributed by atoms with van der Waals surface area (Å²) in [6, 6.07) is 6.43. The van der Waals surface area contributed by atoms with Gasteiger partial charge in [0.15, 0.2) is 0 Å². The van der Waals surface area contributed by atoms with E-state index >= 15 is 0 Å². The monoisotopic (exact) mass is 269 g/mol. The standard InChI is InChI=1S/C12H16ClN3O2/c1-16(2)12(18)15-8-7-14-11(17)9-3-5-10(13)6-4-9/h3-6H,7-8H2,1-2H3,(H,14,17)(H,15,18). The average Bonchev–Trinajstić information content (AvgIpc) is 2.34. The van der Waals surface area contributed by atoms with Crippen molar-refractivity contribution < 1.29 is 9.59 Å². The minimum atomic E-state index is -0.189. The second-order valence-corrected chi connectivity index (χ2v) is 4.33. The van der Waals surface area contributed by atoms with E-state index < -0.39 is 0 Å². The van der Waals surface area contributed by atoms with Gasteiger partial charge in [-0.15, -0.1) is 0 Å². The minimum absolute atomic E-state index is 0.184. The summed E-state index contributed by atoms with van der Waals surface area (Å²) in [4.78, 5) is 24.3. The number of nitrogens with zero attached hydrogens (tertiary/aromatic N) is 1. The molecule has 1 aromatic carbocycles. The minimum Gasteiger partial charge on any atom is -0.350 e. The fourth-order valence-electron chi connectivity index (χ4n) is 1.21. The second-order valence-electron chi connectivity index (χ2n) is 3.89. The molecule has 6 heteroatoms. The van der Waals surface area contributed by atoms with Gasteiger partial charge in [0, 0.05) is 37.8 Å². The molecule has 18 heavy (non-hydrogen) atoms. The third kappa shape index (κ3) is 4.63. The molecule has 0 heterocycles. The fourth-order valence-corrected chi connectivity index (χ4v) is 1.33. The normalized spacial score (nSPS) is 9.72. The van der Waals surface area contributed by atoms with Crippen LogP contribution in [-0.2, 0) is 0 Å². The zero-order valence-electron chi connectivity index (χ0n) is 10.4. The van der Waals surface area contributed by atoms with Gasteiger partial charge in [0.05, 0.1) is 0 Å². The van der Waals surface area contributed by atoms with Crippen LogP contribution in [0.15, 0.2) is 24.3 Å². The van der Waals surface area contributed by atoms with Crippen LogP contribution >= 0.6 is 11.6 Å². The van der Waals surface area contributed by atoms with E-state index in [1.165, 1.54) is 4.90 Å². The number of nitrogens with one attached hydrogen (secondary N) is 2. The van der Waals surface area contributed by atoms with Crippen molar-refractivity contribution in [3.63, 3.8) is 0 Å². The molecule has 1 rings (SSSR count). The van der Waals surface area contributed by atoms with Gasteiger partial charge in [-0.1, -0.05) is 11.6 Å². The molecule has 1 aromatic rings. The van der Waals surface area contributed by atoms with Crippen molar-refractivity contribution in [2.75, 3.05) is 27.2 Å². The Hall–Kier alpha value is -1.75. The smallest absolute Gasteiger partial charge is 0.316 e. The van der Waals surface area contributed by atoms with E-state index in [1.54, 1.807) is 38.4 Å². The number of halogens is 1. The molecular formula is C12H16ClN3O2. The summed E-state index contributed by atoms with van der Waals surface area (Å²) in [5, 5.41) is 5.93. The predicted molar refractivity (Wildman–Crippen MR) is 70.9 cm³/mol. The second kappa shape index (κ2) is 6.86. The maximum atomic E-state index is 11.7. The van der Waals surface area contributed by atoms with Gasteiger partial charge in [0.25, 0.3) is 5.91 Å². The van der Waals surface area contributed by atoms with Crippen molar-refractivity contribution in [2.24, 2.45) is 0 Å². The fraction of sp³-hybridized carbons (Fsp3) is 0.333. The predicted octanol–water partition coefficient (Wildman–Crippen LogP) is 1.34. The molecule has 0 radical (unpaired) electrons. The molecule has 98 valence electrons. The highest BCUT2D eigenvalue weighted by Crippen LogP contribution is 2.08. The number of rotatable bonds is 4. The van der Waals surface area contributed by atoms with Crippen LogP contribution in [0.25, 0.3) is 0 Å². The van der Waals surface area contributed by atoms with Gasteiger partial charge in [-0.05, 0) is 24.3 Å². The number of benzene rings is 1. The lowest BCUT2D eigenvalue weighted by Crippen LogP contribution is -2.39. The Kier molecular flexibility index (Phi) is 5.45. The summed E-state index contributed by atoms with van der Waals surface area (Å²) >= 11 is 5.72. The molecular weight excluding hydrogens is 254 g/mol. The lowest BCUT2D eigenvalue weighted by Gasteiger charge is -2.12. The zero-order valence-corrected chi connectivity index (χ0v) is 11.1.